The van der Waals surface area contributed by atoms with Gasteiger partial charge in [0.05, 0.1) is 50.5 Å². The number of benzene rings is 2. The van der Waals surface area contributed by atoms with Crippen molar-refractivity contribution in [2.24, 2.45) is 5.92 Å². The molecule has 3 aliphatic rings. The summed E-state index contributed by atoms with van der Waals surface area (Å²) < 4.78 is 43.6. The van der Waals surface area contributed by atoms with Gasteiger partial charge in [0.1, 0.15) is 0 Å². The van der Waals surface area contributed by atoms with Crippen LogP contribution < -0.4 is 20.3 Å². The number of thiazole rings is 1. The standard InChI is InChI=1S/C47H56FN9O4S2/c1-5-25-63(60,61)55-38-8-6-7-37(41(38)48)42-43(62-45(54-42)47(2,3)4)39-15-20-50-46(52-39)51-34-11-9-31(10-12-34)32-18-21-56(22-19-32)29-30-16-23-57(24-17-30)35-26-33(27-49-28-35)36-13-14-40(58)53-44(36)59/h6-12,15,20,26-28,30,32,36,55H,5,13-14,16-19,21-25,29H2,1-4H3,(H,50,51,52)(H,53,58,59)/t36-/m0/s1. The number of pyridine rings is 1. The van der Waals surface area contributed by atoms with E-state index < -0.39 is 15.8 Å². The highest BCUT2D eigenvalue weighted by molar-refractivity contribution is 7.92. The Hall–Kier alpha value is -5.32. The van der Waals surface area contributed by atoms with Gasteiger partial charge in [-0.3, -0.25) is 24.6 Å². The Morgan fingerprint density at radius 2 is 1.68 bits per heavy atom. The maximum atomic E-state index is 16.1. The predicted molar refractivity (Wildman–Crippen MR) is 247 cm³/mol. The Morgan fingerprint density at radius 1 is 0.921 bits per heavy atom. The van der Waals surface area contributed by atoms with E-state index in [0.29, 0.717) is 53.3 Å². The minimum atomic E-state index is -3.71. The number of piperidine rings is 3. The van der Waals surface area contributed by atoms with Gasteiger partial charge in [0.15, 0.2) is 5.82 Å². The van der Waals surface area contributed by atoms with Crippen molar-refractivity contribution in [3.8, 4) is 21.8 Å². The third kappa shape index (κ3) is 10.6. The smallest absolute Gasteiger partial charge is 0.234 e. The molecule has 2 amide bonds. The number of hydrogen-bond donors (Lipinski definition) is 3. The third-order valence-electron chi connectivity index (χ3n) is 12.3. The van der Waals surface area contributed by atoms with Crippen LogP contribution in [-0.4, -0.2) is 83.5 Å². The molecular weight excluding hydrogens is 838 g/mol. The summed E-state index contributed by atoms with van der Waals surface area (Å²) in [5, 5.41) is 6.62. The van der Waals surface area contributed by atoms with Crippen molar-refractivity contribution in [3.05, 3.63) is 95.1 Å². The Balaban J connectivity index is 0.862. The van der Waals surface area contributed by atoms with Crippen LogP contribution in [0.25, 0.3) is 21.8 Å². The Morgan fingerprint density at radius 3 is 2.40 bits per heavy atom. The van der Waals surface area contributed by atoms with E-state index in [1.807, 2.05) is 27.0 Å². The fourth-order valence-corrected chi connectivity index (χ4v) is 11.0. The monoisotopic (exact) mass is 893 g/mol. The van der Waals surface area contributed by atoms with E-state index in [1.54, 1.807) is 37.5 Å². The van der Waals surface area contributed by atoms with Crippen molar-refractivity contribution >= 4 is 56.2 Å². The summed E-state index contributed by atoms with van der Waals surface area (Å²) >= 11 is 1.44. The number of rotatable bonds is 13. The molecule has 0 aliphatic carbocycles. The quantitative estimate of drug-likeness (QED) is 0.0971. The fourth-order valence-electron chi connectivity index (χ4n) is 8.80. The first-order valence-electron chi connectivity index (χ1n) is 22.0. The van der Waals surface area contributed by atoms with Gasteiger partial charge in [0.2, 0.25) is 27.8 Å². The second-order valence-electron chi connectivity index (χ2n) is 18.0. The molecule has 0 radical (unpaired) electrons. The largest absolute Gasteiger partial charge is 0.370 e. The van der Waals surface area contributed by atoms with Crippen LogP contribution in [0.5, 0.6) is 0 Å². The van der Waals surface area contributed by atoms with Gasteiger partial charge in [0, 0.05) is 55.1 Å². The van der Waals surface area contributed by atoms with E-state index in [9.17, 15) is 18.0 Å². The number of imide groups is 1. The summed E-state index contributed by atoms with van der Waals surface area (Å²) in [5.41, 5.74) is 4.83. The van der Waals surface area contributed by atoms with Gasteiger partial charge in [0.25, 0.3) is 0 Å². The lowest BCUT2D eigenvalue weighted by Crippen LogP contribution is -2.41. The summed E-state index contributed by atoms with van der Waals surface area (Å²) in [4.78, 5) is 48.4. The van der Waals surface area contributed by atoms with Crippen molar-refractivity contribution in [1.29, 1.82) is 0 Å². The van der Waals surface area contributed by atoms with Crippen molar-refractivity contribution < 1.29 is 22.4 Å². The lowest BCUT2D eigenvalue weighted by molar-refractivity contribution is -0.134. The number of hydrogen-bond acceptors (Lipinski definition) is 12. The van der Waals surface area contributed by atoms with Gasteiger partial charge in [-0.1, -0.05) is 45.9 Å². The SMILES string of the molecule is CCCS(=O)(=O)Nc1cccc(-c2nc(C(C)(C)C)sc2-c2ccnc(Nc3ccc(C4CCN(CC5CCN(c6cncc([C@@H]7CCC(=O)NC7=O)c6)CC5)CC4)cc3)n2)c1F. The highest BCUT2D eigenvalue weighted by atomic mass is 32.2. The highest BCUT2D eigenvalue weighted by Crippen LogP contribution is 2.42. The van der Waals surface area contributed by atoms with Gasteiger partial charge in [-0.05, 0) is 111 Å². The summed E-state index contributed by atoms with van der Waals surface area (Å²) in [5.74, 6) is -0.0244. The van der Waals surface area contributed by atoms with Crippen molar-refractivity contribution in [3.63, 3.8) is 0 Å². The van der Waals surface area contributed by atoms with Gasteiger partial charge in [-0.2, -0.15) is 0 Å². The van der Waals surface area contributed by atoms with Crippen molar-refractivity contribution in [1.82, 2.24) is 30.2 Å². The molecule has 0 unspecified atom stereocenters. The minimum absolute atomic E-state index is 0.108. The molecule has 3 fully saturated rings. The number of aromatic nitrogens is 4. The molecule has 6 heterocycles. The molecule has 0 saturated carbocycles. The van der Waals surface area contributed by atoms with Gasteiger partial charge < -0.3 is 15.1 Å². The summed E-state index contributed by atoms with van der Waals surface area (Å²) in [6.45, 7) is 13.1. The molecule has 0 spiro atoms. The van der Waals surface area contributed by atoms with E-state index in [4.69, 9.17) is 9.97 Å². The zero-order chi connectivity index (χ0) is 44.3. The third-order valence-corrected chi connectivity index (χ3v) is 15.2. The number of nitrogens with one attached hydrogen (secondary N) is 3. The van der Waals surface area contributed by atoms with Crippen LogP contribution >= 0.6 is 11.3 Å². The molecule has 8 rings (SSSR count). The van der Waals surface area contributed by atoms with Crippen LogP contribution in [0.15, 0.2) is 73.2 Å². The van der Waals surface area contributed by atoms with Crippen LogP contribution in [-0.2, 0) is 25.0 Å². The number of carbonyl (C=O) groups excluding carboxylic acids is 2. The average molecular weight is 894 g/mol. The molecule has 2 aromatic carbocycles. The molecule has 332 valence electrons. The van der Waals surface area contributed by atoms with Gasteiger partial charge in [-0.15, -0.1) is 11.3 Å². The van der Waals surface area contributed by atoms with Crippen LogP contribution in [0.1, 0.15) is 101 Å². The molecule has 16 heteroatoms. The molecule has 13 nitrogen and oxygen atoms in total. The summed E-state index contributed by atoms with van der Waals surface area (Å²) in [6.07, 6.45) is 11.1. The molecular formula is C47H56FN9O4S2. The number of halogens is 1. The zero-order valence-electron chi connectivity index (χ0n) is 36.4. The van der Waals surface area contributed by atoms with Gasteiger partial charge in [-0.25, -0.2) is 27.8 Å². The van der Waals surface area contributed by atoms with E-state index in [0.717, 1.165) is 80.4 Å². The Bertz CT molecular complexity index is 2550. The average Bonchev–Trinajstić information content (AvgIpc) is 3.72. The molecule has 3 N–H and O–H groups in total. The zero-order valence-corrected chi connectivity index (χ0v) is 38.0. The number of sulfonamides is 1. The molecule has 3 saturated heterocycles. The maximum absolute atomic E-state index is 16.1. The molecule has 3 aliphatic heterocycles. The maximum Gasteiger partial charge on any atom is 0.234 e. The molecule has 3 aromatic heterocycles. The van der Waals surface area contributed by atoms with E-state index >= 15 is 4.39 Å². The first kappa shape index (κ1) is 44.3. The first-order chi connectivity index (χ1) is 30.2. The number of likely N-dealkylation sites (tertiary alicyclic amines) is 1. The van der Waals surface area contributed by atoms with Crippen LogP contribution in [0.4, 0.5) is 27.4 Å². The van der Waals surface area contributed by atoms with Crippen LogP contribution in [0, 0.1) is 11.7 Å². The number of nitrogens with zero attached hydrogens (tertiary/aromatic N) is 6. The molecule has 5 aromatic rings. The minimum Gasteiger partial charge on any atom is -0.370 e. The topological polar surface area (TPSA) is 162 Å². The van der Waals surface area contributed by atoms with Crippen LogP contribution in [0.2, 0.25) is 0 Å². The second kappa shape index (κ2) is 18.8. The van der Waals surface area contributed by atoms with E-state index in [2.05, 4.69) is 65.5 Å². The van der Waals surface area contributed by atoms with Gasteiger partial charge >= 0.3 is 0 Å². The Kier molecular flexibility index (Phi) is 13.2. The lowest BCUT2D eigenvalue weighted by atomic mass is 9.88. The Labute approximate surface area is 373 Å². The first-order valence-corrected chi connectivity index (χ1v) is 24.5. The second-order valence-corrected chi connectivity index (χ2v) is 20.9. The summed E-state index contributed by atoms with van der Waals surface area (Å²) in [6, 6.07) is 17.0. The summed E-state index contributed by atoms with van der Waals surface area (Å²) in [7, 11) is -3.71. The molecule has 0 bridgehead atoms. The van der Waals surface area contributed by atoms with Crippen molar-refractivity contribution in [2.45, 2.75) is 89.9 Å². The lowest BCUT2D eigenvalue weighted by Gasteiger charge is -2.38. The fraction of sp³-hybridized carbons (Fsp3) is 0.447. The number of carbonyl (C=O) groups is 2. The number of anilines is 4. The normalized spacial score (nSPS) is 18.4. The van der Waals surface area contributed by atoms with E-state index in [1.165, 1.54) is 23.0 Å². The predicted octanol–water partition coefficient (Wildman–Crippen LogP) is 8.61. The highest BCUT2D eigenvalue weighted by Gasteiger charge is 2.31. The van der Waals surface area contributed by atoms with Crippen molar-refractivity contribution in [2.75, 3.05) is 53.4 Å². The number of amides is 2. The van der Waals surface area contributed by atoms with Crippen LogP contribution in [0.3, 0.4) is 0 Å². The molecule has 63 heavy (non-hydrogen) atoms. The molecule has 1 atom stereocenters. The van der Waals surface area contributed by atoms with E-state index in [-0.39, 0.29) is 40.2 Å².